The number of nitrogens with two attached hydrogens (primary N) is 1. The quantitative estimate of drug-likeness (QED) is 0.759. The molecule has 0 spiro atoms. The minimum atomic E-state index is -0.132. The molecule has 2 unspecified atom stereocenters. The molecule has 0 bridgehead atoms. The lowest BCUT2D eigenvalue weighted by molar-refractivity contribution is -0.118. The predicted molar refractivity (Wildman–Crippen MR) is 67.6 cm³/mol. The predicted octanol–water partition coefficient (Wildman–Crippen LogP) is 1.54. The third-order valence-corrected chi connectivity index (χ3v) is 2.80. The Morgan fingerprint density at radius 3 is 2.76 bits per heavy atom. The molecule has 0 fully saturated rings. The van der Waals surface area contributed by atoms with E-state index in [1.54, 1.807) is 0 Å². The first-order valence-electron chi connectivity index (χ1n) is 5.74. The van der Waals surface area contributed by atoms with Gasteiger partial charge < -0.3 is 11.1 Å². The molecule has 3 N–H and O–H groups in total. The molecule has 1 aliphatic rings. The maximum Gasteiger partial charge on any atom is 0.232 e. The van der Waals surface area contributed by atoms with Crippen LogP contribution in [0.15, 0.2) is 24.3 Å². The van der Waals surface area contributed by atoms with Gasteiger partial charge in [-0.1, -0.05) is 12.2 Å². The van der Waals surface area contributed by atoms with Crippen molar-refractivity contribution < 1.29 is 4.79 Å². The fraction of sp³-hybridized carbons (Fsp3) is 0.385. The van der Waals surface area contributed by atoms with E-state index in [4.69, 9.17) is 5.73 Å². The first-order valence-corrected chi connectivity index (χ1v) is 5.74. The highest BCUT2D eigenvalue weighted by molar-refractivity contribution is 5.93. The van der Waals surface area contributed by atoms with Gasteiger partial charge in [0.1, 0.15) is 5.82 Å². The Kier molecular flexibility index (Phi) is 3.24. The van der Waals surface area contributed by atoms with Crippen LogP contribution in [0.25, 0.3) is 0 Å². The van der Waals surface area contributed by atoms with Crippen molar-refractivity contribution in [2.24, 2.45) is 11.7 Å². The summed E-state index contributed by atoms with van der Waals surface area (Å²) in [7, 11) is 0. The number of carbonyl (C=O) groups excluding carboxylic acids is 1. The average molecular weight is 231 g/mol. The number of aryl methyl sites for hydroxylation is 2. The molecule has 90 valence electrons. The zero-order valence-corrected chi connectivity index (χ0v) is 10.1. The summed E-state index contributed by atoms with van der Waals surface area (Å²) < 4.78 is 0. The topological polar surface area (TPSA) is 68.0 Å². The number of hydrogen-bond acceptors (Lipinski definition) is 3. The monoisotopic (exact) mass is 231 g/mol. The van der Waals surface area contributed by atoms with Crippen LogP contribution in [-0.4, -0.2) is 16.9 Å². The smallest absolute Gasteiger partial charge is 0.232 e. The van der Waals surface area contributed by atoms with Crippen molar-refractivity contribution in [1.29, 1.82) is 0 Å². The van der Waals surface area contributed by atoms with E-state index in [1.807, 2.05) is 38.1 Å². The molecule has 1 aromatic rings. The van der Waals surface area contributed by atoms with Crippen LogP contribution in [0, 0.1) is 19.8 Å². The minimum Gasteiger partial charge on any atom is -0.324 e. The summed E-state index contributed by atoms with van der Waals surface area (Å²) in [6.07, 6.45) is 4.42. The molecular weight excluding hydrogens is 214 g/mol. The highest BCUT2D eigenvalue weighted by Gasteiger charge is 2.22. The van der Waals surface area contributed by atoms with Crippen LogP contribution in [-0.2, 0) is 4.79 Å². The molecule has 1 amide bonds. The van der Waals surface area contributed by atoms with E-state index >= 15 is 0 Å². The zero-order chi connectivity index (χ0) is 12.4. The fourth-order valence-electron chi connectivity index (χ4n) is 2.05. The lowest BCUT2D eigenvalue weighted by Crippen LogP contribution is -2.24. The van der Waals surface area contributed by atoms with Crippen molar-refractivity contribution in [3.8, 4) is 0 Å². The number of rotatable bonds is 2. The molecule has 0 aromatic carbocycles. The summed E-state index contributed by atoms with van der Waals surface area (Å²) in [6, 6.07) is 3.84. The summed E-state index contributed by atoms with van der Waals surface area (Å²) >= 11 is 0. The third-order valence-electron chi connectivity index (χ3n) is 2.80. The fourth-order valence-corrected chi connectivity index (χ4v) is 2.05. The maximum absolute atomic E-state index is 11.9. The summed E-state index contributed by atoms with van der Waals surface area (Å²) in [4.78, 5) is 16.2. The first kappa shape index (κ1) is 11.8. The van der Waals surface area contributed by atoms with E-state index in [2.05, 4.69) is 10.3 Å². The van der Waals surface area contributed by atoms with Gasteiger partial charge in [0.05, 0.1) is 5.92 Å². The zero-order valence-electron chi connectivity index (χ0n) is 10.1. The molecule has 0 aliphatic heterocycles. The number of carbonyl (C=O) groups is 1. The van der Waals surface area contributed by atoms with Gasteiger partial charge in [-0.25, -0.2) is 4.98 Å². The molecule has 2 rings (SSSR count). The molecule has 0 saturated carbocycles. The van der Waals surface area contributed by atoms with Gasteiger partial charge in [0.2, 0.25) is 5.91 Å². The van der Waals surface area contributed by atoms with Crippen molar-refractivity contribution in [1.82, 2.24) is 4.98 Å². The Morgan fingerprint density at radius 1 is 1.41 bits per heavy atom. The van der Waals surface area contributed by atoms with Gasteiger partial charge in [-0.15, -0.1) is 0 Å². The van der Waals surface area contributed by atoms with Crippen LogP contribution in [0.5, 0.6) is 0 Å². The minimum absolute atomic E-state index is 0.00189. The van der Waals surface area contributed by atoms with Gasteiger partial charge in [-0.3, -0.25) is 4.79 Å². The summed E-state index contributed by atoms with van der Waals surface area (Å²) in [6.45, 7) is 3.89. The van der Waals surface area contributed by atoms with Crippen molar-refractivity contribution >= 4 is 11.7 Å². The summed E-state index contributed by atoms with van der Waals surface area (Å²) in [5.74, 6) is 0.445. The van der Waals surface area contributed by atoms with Crippen LogP contribution in [0.2, 0.25) is 0 Å². The molecule has 1 heterocycles. The number of hydrogen-bond donors (Lipinski definition) is 2. The number of anilines is 1. The number of amides is 1. The van der Waals surface area contributed by atoms with E-state index < -0.39 is 0 Å². The number of pyridine rings is 1. The summed E-state index contributed by atoms with van der Waals surface area (Å²) in [5.41, 5.74) is 7.71. The van der Waals surface area contributed by atoms with Crippen LogP contribution in [0.1, 0.15) is 17.7 Å². The van der Waals surface area contributed by atoms with Crippen LogP contribution < -0.4 is 11.1 Å². The molecule has 4 nitrogen and oxygen atoms in total. The molecule has 17 heavy (non-hydrogen) atoms. The second-order valence-corrected chi connectivity index (χ2v) is 4.55. The molecule has 1 aliphatic carbocycles. The number of aromatic nitrogens is 1. The van der Waals surface area contributed by atoms with E-state index in [0.717, 1.165) is 11.3 Å². The van der Waals surface area contributed by atoms with E-state index in [1.165, 1.54) is 0 Å². The van der Waals surface area contributed by atoms with E-state index in [-0.39, 0.29) is 17.9 Å². The van der Waals surface area contributed by atoms with Crippen molar-refractivity contribution in [3.63, 3.8) is 0 Å². The van der Waals surface area contributed by atoms with E-state index in [0.29, 0.717) is 12.2 Å². The van der Waals surface area contributed by atoms with Crippen LogP contribution in [0.4, 0.5) is 5.82 Å². The molecule has 1 aromatic heterocycles. The first-order chi connectivity index (χ1) is 8.04. The Hall–Kier alpha value is -1.68. The normalized spacial score (nSPS) is 22.8. The average Bonchev–Trinajstić information content (AvgIpc) is 2.63. The Balaban J connectivity index is 2.05. The van der Waals surface area contributed by atoms with E-state index in [9.17, 15) is 4.79 Å². The maximum atomic E-state index is 11.9. The van der Waals surface area contributed by atoms with Gasteiger partial charge in [-0.05, 0) is 38.0 Å². The van der Waals surface area contributed by atoms with Gasteiger partial charge in [0, 0.05) is 11.7 Å². The standard InChI is InChI=1S/C13H17N3O/c1-8-5-9(2)15-12(6-8)16-13(17)10-3-4-11(14)7-10/h3-6,10-11H,7,14H2,1-2H3,(H,15,16,17). The third kappa shape index (κ3) is 2.91. The highest BCUT2D eigenvalue weighted by atomic mass is 16.1. The van der Waals surface area contributed by atoms with Gasteiger partial charge in [0.25, 0.3) is 0 Å². The Morgan fingerprint density at radius 2 is 2.18 bits per heavy atom. The molecule has 0 saturated heterocycles. The SMILES string of the molecule is Cc1cc(C)nc(NC(=O)C2C=CC(N)C2)c1. The molecule has 0 radical (unpaired) electrons. The number of nitrogens with one attached hydrogen (secondary N) is 1. The van der Waals surface area contributed by atoms with Crippen LogP contribution in [0.3, 0.4) is 0 Å². The summed E-state index contributed by atoms with van der Waals surface area (Å²) in [5, 5.41) is 2.83. The van der Waals surface area contributed by atoms with Crippen molar-refractivity contribution in [3.05, 3.63) is 35.5 Å². The largest absolute Gasteiger partial charge is 0.324 e. The Bertz CT molecular complexity index is 447. The number of nitrogens with zero attached hydrogens (tertiary/aromatic N) is 1. The second-order valence-electron chi connectivity index (χ2n) is 4.55. The Labute approximate surface area is 101 Å². The van der Waals surface area contributed by atoms with Gasteiger partial charge >= 0.3 is 0 Å². The highest BCUT2D eigenvalue weighted by Crippen LogP contribution is 2.18. The lowest BCUT2D eigenvalue weighted by Gasteiger charge is -2.10. The van der Waals surface area contributed by atoms with Crippen LogP contribution >= 0.6 is 0 Å². The van der Waals surface area contributed by atoms with Gasteiger partial charge in [-0.2, -0.15) is 0 Å². The molecule has 2 atom stereocenters. The van der Waals surface area contributed by atoms with Crippen molar-refractivity contribution in [2.45, 2.75) is 26.3 Å². The molecular formula is C13H17N3O. The van der Waals surface area contributed by atoms with Crippen molar-refractivity contribution in [2.75, 3.05) is 5.32 Å². The second kappa shape index (κ2) is 4.67. The molecule has 4 heteroatoms. The van der Waals surface area contributed by atoms with Gasteiger partial charge in [0.15, 0.2) is 0 Å². The lowest BCUT2D eigenvalue weighted by atomic mass is 10.1.